The van der Waals surface area contributed by atoms with Gasteiger partial charge in [0, 0.05) is 31.6 Å². The Hall–Kier alpha value is -2.99. The standard InChI is InChI=1S/C30H37N3O3/c1-29(2)26(30(29,3)4)28(36)32(23-15-17-31(18-16-23)20-21-11-7-5-8-12-21)24-19-25(34)33(27(24)35)22-13-9-6-10-14-22/h5-14,23-24,26H,15-20H2,1-4H3. The van der Waals surface area contributed by atoms with Gasteiger partial charge in [0.2, 0.25) is 11.8 Å². The highest BCUT2D eigenvalue weighted by molar-refractivity contribution is 6.23. The molecule has 5 rings (SSSR count). The maximum absolute atomic E-state index is 14.1. The molecule has 1 aliphatic carbocycles. The normalized spacial score (nSPS) is 24.2. The summed E-state index contributed by atoms with van der Waals surface area (Å²) in [6, 6.07) is 18.7. The van der Waals surface area contributed by atoms with Crippen LogP contribution in [0.1, 0.15) is 52.5 Å². The van der Waals surface area contributed by atoms with E-state index in [0.29, 0.717) is 5.69 Å². The van der Waals surface area contributed by atoms with Gasteiger partial charge in [-0.15, -0.1) is 0 Å². The van der Waals surface area contributed by atoms with Gasteiger partial charge in [-0.2, -0.15) is 0 Å². The van der Waals surface area contributed by atoms with Gasteiger partial charge >= 0.3 is 0 Å². The van der Waals surface area contributed by atoms with E-state index < -0.39 is 6.04 Å². The summed E-state index contributed by atoms with van der Waals surface area (Å²) in [4.78, 5) is 46.4. The van der Waals surface area contributed by atoms with Crippen LogP contribution in [0, 0.1) is 16.7 Å². The van der Waals surface area contributed by atoms with Gasteiger partial charge in [0.15, 0.2) is 0 Å². The van der Waals surface area contributed by atoms with E-state index in [2.05, 4.69) is 56.9 Å². The summed E-state index contributed by atoms with van der Waals surface area (Å²) in [5.41, 5.74) is 1.58. The van der Waals surface area contributed by atoms with Crippen molar-refractivity contribution in [1.82, 2.24) is 9.80 Å². The number of nitrogens with zero attached hydrogens (tertiary/aromatic N) is 3. The summed E-state index contributed by atoms with van der Waals surface area (Å²) in [5, 5.41) is 0. The predicted octanol–water partition coefficient (Wildman–Crippen LogP) is 4.49. The molecule has 2 aromatic rings. The Bertz CT molecular complexity index is 1120. The second-order valence-electron chi connectivity index (χ2n) is 11.7. The lowest BCUT2D eigenvalue weighted by atomic mass is 9.97. The molecule has 0 N–H and O–H groups in total. The summed E-state index contributed by atoms with van der Waals surface area (Å²) in [7, 11) is 0. The number of hydrogen-bond acceptors (Lipinski definition) is 4. The fourth-order valence-corrected chi connectivity index (χ4v) is 6.43. The molecular formula is C30H37N3O3. The highest BCUT2D eigenvalue weighted by Gasteiger charge is 2.69. The number of carbonyl (C=O) groups excluding carboxylic acids is 3. The summed E-state index contributed by atoms with van der Waals surface area (Å²) < 4.78 is 0. The SMILES string of the molecule is CC1(C)C(C(=O)N(C2CCN(Cc3ccccc3)CC2)C2CC(=O)N(c3ccccc3)C2=O)C1(C)C. The van der Waals surface area contributed by atoms with E-state index in [1.807, 2.05) is 29.2 Å². The molecule has 0 bridgehead atoms. The Morgan fingerprint density at radius 2 is 1.44 bits per heavy atom. The molecule has 3 aliphatic rings. The van der Waals surface area contributed by atoms with Crippen LogP contribution >= 0.6 is 0 Å². The molecule has 6 heteroatoms. The van der Waals surface area contributed by atoms with Gasteiger partial charge < -0.3 is 4.90 Å². The molecule has 3 fully saturated rings. The number of piperidine rings is 1. The van der Waals surface area contributed by atoms with Crippen molar-refractivity contribution in [1.29, 1.82) is 0 Å². The molecule has 1 saturated carbocycles. The minimum Gasteiger partial charge on any atom is -0.327 e. The number of hydrogen-bond donors (Lipinski definition) is 0. The molecule has 2 aromatic carbocycles. The molecule has 36 heavy (non-hydrogen) atoms. The van der Waals surface area contributed by atoms with Crippen LogP contribution in [-0.4, -0.2) is 52.7 Å². The Morgan fingerprint density at radius 3 is 2.00 bits per heavy atom. The molecule has 0 aromatic heterocycles. The van der Waals surface area contributed by atoms with E-state index in [0.717, 1.165) is 32.5 Å². The molecule has 2 saturated heterocycles. The third-order valence-electron chi connectivity index (χ3n) is 9.19. The summed E-state index contributed by atoms with van der Waals surface area (Å²) in [5.74, 6) is -0.624. The lowest BCUT2D eigenvalue weighted by molar-refractivity contribution is -0.144. The summed E-state index contributed by atoms with van der Waals surface area (Å²) in [6.45, 7) is 11.1. The Labute approximate surface area is 214 Å². The molecular weight excluding hydrogens is 450 g/mol. The van der Waals surface area contributed by atoms with E-state index in [1.165, 1.54) is 10.5 Å². The van der Waals surface area contributed by atoms with Gasteiger partial charge in [-0.3, -0.25) is 19.3 Å². The lowest BCUT2D eigenvalue weighted by Gasteiger charge is -2.41. The zero-order chi connectivity index (χ0) is 25.7. The molecule has 0 radical (unpaired) electrons. The zero-order valence-corrected chi connectivity index (χ0v) is 21.8. The Kier molecular flexibility index (Phi) is 6.27. The first-order valence-corrected chi connectivity index (χ1v) is 13.1. The number of carbonyl (C=O) groups is 3. The summed E-state index contributed by atoms with van der Waals surface area (Å²) >= 11 is 0. The van der Waals surface area contributed by atoms with Crippen molar-refractivity contribution >= 4 is 23.4 Å². The number of likely N-dealkylation sites (tertiary alicyclic amines) is 1. The second-order valence-corrected chi connectivity index (χ2v) is 11.7. The number of para-hydroxylation sites is 1. The third kappa shape index (κ3) is 4.15. The number of benzene rings is 2. The molecule has 0 spiro atoms. The van der Waals surface area contributed by atoms with Gasteiger partial charge in [-0.1, -0.05) is 76.2 Å². The minimum absolute atomic E-state index is 0.0348. The van der Waals surface area contributed by atoms with E-state index in [1.54, 1.807) is 12.1 Å². The molecule has 1 unspecified atom stereocenters. The number of rotatable bonds is 6. The Morgan fingerprint density at radius 1 is 0.889 bits per heavy atom. The van der Waals surface area contributed by atoms with Gasteiger partial charge in [-0.25, -0.2) is 4.90 Å². The van der Waals surface area contributed by atoms with Crippen LogP contribution in [0.2, 0.25) is 0 Å². The second kappa shape index (κ2) is 9.15. The van der Waals surface area contributed by atoms with Crippen molar-refractivity contribution in [2.24, 2.45) is 16.7 Å². The first-order chi connectivity index (χ1) is 17.1. The van der Waals surface area contributed by atoms with Crippen molar-refractivity contribution in [2.75, 3.05) is 18.0 Å². The quantitative estimate of drug-likeness (QED) is 0.563. The predicted molar refractivity (Wildman–Crippen MR) is 140 cm³/mol. The van der Waals surface area contributed by atoms with Crippen LogP contribution in [0.5, 0.6) is 0 Å². The van der Waals surface area contributed by atoms with Crippen molar-refractivity contribution in [3.05, 3.63) is 66.2 Å². The molecule has 1 atom stereocenters. The molecule has 3 amide bonds. The van der Waals surface area contributed by atoms with Crippen molar-refractivity contribution in [2.45, 2.75) is 65.6 Å². The number of anilines is 1. The first-order valence-electron chi connectivity index (χ1n) is 13.1. The summed E-state index contributed by atoms with van der Waals surface area (Å²) in [6.07, 6.45) is 1.65. The topological polar surface area (TPSA) is 60.9 Å². The van der Waals surface area contributed by atoms with Crippen molar-refractivity contribution < 1.29 is 14.4 Å². The van der Waals surface area contributed by atoms with Gasteiger partial charge in [0.25, 0.3) is 5.91 Å². The maximum atomic E-state index is 14.1. The highest BCUT2D eigenvalue weighted by Crippen LogP contribution is 2.69. The molecule has 190 valence electrons. The van der Waals surface area contributed by atoms with Crippen molar-refractivity contribution in [3.8, 4) is 0 Å². The number of amides is 3. The van der Waals surface area contributed by atoms with E-state index in [-0.39, 0.29) is 46.9 Å². The van der Waals surface area contributed by atoms with Crippen LogP contribution in [-0.2, 0) is 20.9 Å². The molecule has 2 aliphatic heterocycles. The fraction of sp³-hybridized carbons (Fsp3) is 0.500. The third-order valence-corrected chi connectivity index (χ3v) is 9.19. The van der Waals surface area contributed by atoms with Crippen LogP contribution < -0.4 is 4.90 Å². The Balaban J connectivity index is 1.38. The van der Waals surface area contributed by atoms with E-state index in [4.69, 9.17) is 0 Å². The van der Waals surface area contributed by atoms with E-state index >= 15 is 0 Å². The average Bonchev–Trinajstić information content (AvgIpc) is 3.09. The van der Waals surface area contributed by atoms with Crippen LogP contribution in [0.3, 0.4) is 0 Å². The van der Waals surface area contributed by atoms with Crippen LogP contribution in [0.4, 0.5) is 5.69 Å². The lowest BCUT2D eigenvalue weighted by Crippen LogP contribution is -2.55. The van der Waals surface area contributed by atoms with Gasteiger partial charge in [0.1, 0.15) is 6.04 Å². The maximum Gasteiger partial charge on any atom is 0.257 e. The van der Waals surface area contributed by atoms with Gasteiger partial charge in [-0.05, 0) is 41.4 Å². The molecule has 2 heterocycles. The zero-order valence-electron chi connectivity index (χ0n) is 21.8. The van der Waals surface area contributed by atoms with Crippen LogP contribution in [0.15, 0.2) is 60.7 Å². The van der Waals surface area contributed by atoms with Crippen molar-refractivity contribution in [3.63, 3.8) is 0 Å². The van der Waals surface area contributed by atoms with Gasteiger partial charge in [0.05, 0.1) is 12.1 Å². The fourth-order valence-electron chi connectivity index (χ4n) is 6.43. The monoisotopic (exact) mass is 487 g/mol. The molecule has 6 nitrogen and oxygen atoms in total. The first kappa shape index (κ1) is 24.7. The smallest absolute Gasteiger partial charge is 0.257 e. The highest BCUT2D eigenvalue weighted by atomic mass is 16.2. The number of imide groups is 1. The largest absolute Gasteiger partial charge is 0.327 e. The minimum atomic E-state index is -0.733. The van der Waals surface area contributed by atoms with E-state index in [9.17, 15) is 14.4 Å². The van der Waals surface area contributed by atoms with Crippen LogP contribution in [0.25, 0.3) is 0 Å². The average molecular weight is 488 g/mol.